The van der Waals surface area contributed by atoms with E-state index in [9.17, 15) is 9.59 Å². The third-order valence-electron chi connectivity index (χ3n) is 5.06. The molecule has 166 valence electrons. The molecule has 0 fully saturated rings. The fourth-order valence-corrected chi connectivity index (χ4v) is 3.47. The third kappa shape index (κ3) is 7.36. The third-order valence-corrected chi connectivity index (χ3v) is 5.06. The van der Waals surface area contributed by atoms with Gasteiger partial charge in [-0.15, -0.1) is 0 Å². The highest BCUT2D eigenvalue weighted by atomic mass is 16.5. The summed E-state index contributed by atoms with van der Waals surface area (Å²) in [6, 6.07) is 28.5. The number of ether oxygens (including phenoxy) is 2. The lowest BCUT2D eigenvalue weighted by Crippen LogP contribution is -2.43. The van der Waals surface area contributed by atoms with Crippen LogP contribution in [0.25, 0.3) is 0 Å². The molecule has 0 aliphatic carbocycles. The minimum absolute atomic E-state index is 0.0780. The van der Waals surface area contributed by atoms with Crippen LogP contribution < -0.4 is 0 Å². The SMILES string of the molecule is CCOC(=O)[C@@H](CC(=O)OCc1ccccc1)N(Cc1ccccc1)Cc1ccccc1. The molecule has 1 atom stereocenters. The summed E-state index contributed by atoms with van der Waals surface area (Å²) in [7, 11) is 0. The van der Waals surface area contributed by atoms with Crippen molar-refractivity contribution in [3.63, 3.8) is 0 Å². The molecular formula is C27H29NO4. The summed E-state index contributed by atoms with van der Waals surface area (Å²) in [5.74, 6) is -0.853. The van der Waals surface area contributed by atoms with Crippen molar-refractivity contribution >= 4 is 11.9 Å². The van der Waals surface area contributed by atoms with E-state index in [1.807, 2.05) is 95.9 Å². The molecule has 0 aromatic heterocycles. The van der Waals surface area contributed by atoms with Crippen LogP contribution in [0.1, 0.15) is 30.0 Å². The van der Waals surface area contributed by atoms with E-state index in [4.69, 9.17) is 9.47 Å². The van der Waals surface area contributed by atoms with E-state index >= 15 is 0 Å². The van der Waals surface area contributed by atoms with Crippen LogP contribution in [-0.4, -0.2) is 29.5 Å². The molecule has 0 bridgehead atoms. The molecule has 32 heavy (non-hydrogen) atoms. The van der Waals surface area contributed by atoms with Crippen LogP contribution in [0.5, 0.6) is 0 Å². The maximum Gasteiger partial charge on any atom is 0.323 e. The van der Waals surface area contributed by atoms with Gasteiger partial charge in [0.1, 0.15) is 12.6 Å². The number of rotatable bonds is 11. The summed E-state index contributed by atoms with van der Waals surface area (Å²) in [4.78, 5) is 27.6. The second kappa shape index (κ2) is 12.4. The van der Waals surface area contributed by atoms with Crippen molar-refractivity contribution in [3.05, 3.63) is 108 Å². The van der Waals surface area contributed by atoms with Gasteiger partial charge in [0.15, 0.2) is 0 Å². The zero-order chi connectivity index (χ0) is 22.6. The molecule has 3 rings (SSSR count). The molecule has 3 aromatic rings. The quantitative estimate of drug-likeness (QED) is 0.410. The minimum Gasteiger partial charge on any atom is -0.465 e. The van der Waals surface area contributed by atoms with E-state index < -0.39 is 18.0 Å². The maximum atomic E-state index is 12.9. The van der Waals surface area contributed by atoms with Gasteiger partial charge in [-0.2, -0.15) is 0 Å². The van der Waals surface area contributed by atoms with E-state index in [-0.39, 0.29) is 19.6 Å². The molecule has 0 aliphatic heterocycles. The smallest absolute Gasteiger partial charge is 0.323 e. The Balaban J connectivity index is 1.78. The second-order valence-electron chi connectivity index (χ2n) is 7.49. The minimum atomic E-state index is -0.751. The monoisotopic (exact) mass is 431 g/mol. The average Bonchev–Trinajstić information content (AvgIpc) is 2.83. The standard InChI is InChI=1S/C27H29NO4/c1-2-31-27(30)25(18-26(29)32-21-24-16-10-5-11-17-24)28(19-22-12-6-3-7-13-22)20-23-14-8-4-9-15-23/h3-17,25H,2,18-21H2,1H3/t25-/m1/s1. The van der Waals surface area contributed by atoms with Crippen molar-refractivity contribution < 1.29 is 19.1 Å². The highest BCUT2D eigenvalue weighted by Gasteiger charge is 2.30. The number of hydrogen-bond acceptors (Lipinski definition) is 5. The lowest BCUT2D eigenvalue weighted by atomic mass is 10.1. The summed E-state index contributed by atoms with van der Waals surface area (Å²) < 4.78 is 10.8. The molecule has 0 saturated heterocycles. The number of esters is 2. The van der Waals surface area contributed by atoms with Gasteiger partial charge >= 0.3 is 11.9 Å². The van der Waals surface area contributed by atoms with Crippen LogP contribution in [0.15, 0.2) is 91.0 Å². The van der Waals surface area contributed by atoms with Gasteiger partial charge in [0.25, 0.3) is 0 Å². The van der Waals surface area contributed by atoms with Crippen LogP contribution in [0.3, 0.4) is 0 Å². The summed E-state index contributed by atoms with van der Waals surface area (Å²) in [5, 5.41) is 0. The number of nitrogens with zero attached hydrogens (tertiary/aromatic N) is 1. The Hall–Kier alpha value is -3.44. The zero-order valence-corrected chi connectivity index (χ0v) is 18.4. The molecule has 0 spiro atoms. The molecule has 0 unspecified atom stereocenters. The highest BCUT2D eigenvalue weighted by Crippen LogP contribution is 2.18. The summed E-state index contributed by atoms with van der Waals surface area (Å²) in [6.07, 6.45) is -0.0780. The predicted molar refractivity (Wildman–Crippen MR) is 123 cm³/mol. The van der Waals surface area contributed by atoms with Crippen LogP contribution >= 0.6 is 0 Å². The van der Waals surface area contributed by atoms with E-state index in [1.165, 1.54) is 0 Å². The van der Waals surface area contributed by atoms with Gasteiger partial charge in [-0.3, -0.25) is 14.5 Å². The highest BCUT2D eigenvalue weighted by molar-refractivity contribution is 5.82. The Labute approximate surface area is 189 Å². The van der Waals surface area contributed by atoms with Gasteiger partial charge in [0.2, 0.25) is 0 Å². The predicted octanol–water partition coefficient (Wildman–Crippen LogP) is 4.75. The van der Waals surface area contributed by atoms with Crippen LogP contribution in [0.4, 0.5) is 0 Å². The fraction of sp³-hybridized carbons (Fsp3) is 0.259. The summed E-state index contributed by atoms with van der Waals surface area (Å²) in [5.41, 5.74) is 3.00. The van der Waals surface area contributed by atoms with E-state index in [0.717, 1.165) is 16.7 Å². The lowest BCUT2D eigenvalue weighted by molar-refractivity contribution is -0.157. The van der Waals surface area contributed by atoms with Crippen molar-refractivity contribution in [2.45, 2.75) is 39.1 Å². The topological polar surface area (TPSA) is 55.8 Å². The number of hydrogen-bond donors (Lipinski definition) is 0. The van der Waals surface area contributed by atoms with Crippen molar-refractivity contribution in [1.82, 2.24) is 4.90 Å². The Morgan fingerprint density at radius 3 is 1.66 bits per heavy atom. The summed E-state index contributed by atoms with van der Waals surface area (Å²) in [6.45, 7) is 3.20. The first-order chi connectivity index (χ1) is 15.7. The van der Waals surface area contributed by atoms with Crippen LogP contribution in [-0.2, 0) is 38.8 Å². The van der Waals surface area contributed by atoms with Crippen LogP contribution in [0, 0.1) is 0 Å². The molecule has 0 aliphatic rings. The molecule has 0 radical (unpaired) electrons. The van der Waals surface area contributed by atoms with Gasteiger partial charge in [0.05, 0.1) is 13.0 Å². The molecule has 5 nitrogen and oxygen atoms in total. The van der Waals surface area contributed by atoms with Crippen molar-refractivity contribution in [1.29, 1.82) is 0 Å². The second-order valence-corrected chi connectivity index (χ2v) is 7.49. The first kappa shape index (κ1) is 23.2. The Bertz CT molecular complexity index is 919. The maximum absolute atomic E-state index is 12.9. The molecule has 3 aromatic carbocycles. The molecule has 5 heteroatoms. The molecule has 0 N–H and O–H groups in total. The first-order valence-electron chi connectivity index (χ1n) is 10.8. The van der Waals surface area contributed by atoms with Crippen molar-refractivity contribution in [2.75, 3.05) is 6.61 Å². The largest absolute Gasteiger partial charge is 0.465 e. The molecule has 0 heterocycles. The fourth-order valence-electron chi connectivity index (χ4n) is 3.47. The van der Waals surface area contributed by atoms with Crippen molar-refractivity contribution in [2.24, 2.45) is 0 Å². The van der Waals surface area contributed by atoms with E-state index in [2.05, 4.69) is 0 Å². The van der Waals surface area contributed by atoms with Gasteiger partial charge in [0, 0.05) is 13.1 Å². The Kier molecular flexibility index (Phi) is 9.02. The number of benzene rings is 3. The van der Waals surface area contributed by atoms with Gasteiger partial charge in [-0.1, -0.05) is 91.0 Å². The van der Waals surface area contributed by atoms with Gasteiger partial charge < -0.3 is 9.47 Å². The molecule has 0 amide bonds. The summed E-state index contributed by atoms with van der Waals surface area (Å²) >= 11 is 0. The van der Waals surface area contributed by atoms with Crippen LogP contribution in [0.2, 0.25) is 0 Å². The van der Waals surface area contributed by atoms with Crippen molar-refractivity contribution in [3.8, 4) is 0 Å². The first-order valence-corrected chi connectivity index (χ1v) is 10.8. The Morgan fingerprint density at radius 2 is 1.19 bits per heavy atom. The van der Waals surface area contributed by atoms with E-state index in [0.29, 0.717) is 13.1 Å². The zero-order valence-electron chi connectivity index (χ0n) is 18.4. The normalized spacial score (nSPS) is 11.7. The molecular weight excluding hydrogens is 402 g/mol. The average molecular weight is 432 g/mol. The number of carbonyl (C=O) groups excluding carboxylic acids is 2. The Morgan fingerprint density at radius 1 is 0.719 bits per heavy atom. The molecule has 0 saturated carbocycles. The number of carbonyl (C=O) groups is 2. The van der Waals surface area contributed by atoms with E-state index in [1.54, 1.807) is 6.92 Å². The van der Waals surface area contributed by atoms with Gasteiger partial charge in [-0.25, -0.2) is 0 Å². The lowest BCUT2D eigenvalue weighted by Gasteiger charge is -2.30. The van der Waals surface area contributed by atoms with Gasteiger partial charge in [-0.05, 0) is 23.6 Å².